The number of unbranched alkanes of at least 4 members (excludes halogenated alkanes) is 1. The second-order valence-corrected chi connectivity index (χ2v) is 4.51. The van der Waals surface area contributed by atoms with E-state index in [-0.39, 0.29) is 24.3 Å². The molecule has 1 aromatic carbocycles. The van der Waals surface area contributed by atoms with Gasteiger partial charge in [-0.3, -0.25) is 14.9 Å². The SMILES string of the molecule is CCCCN(c1ccccc1)C1CC(=O)NC1=O. The minimum atomic E-state index is -0.355. The molecule has 0 aromatic heterocycles. The van der Waals surface area contributed by atoms with Crippen molar-refractivity contribution in [2.24, 2.45) is 0 Å². The monoisotopic (exact) mass is 246 g/mol. The lowest BCUT2D eigenvalue weighted by Crippen LogP contribution is -2.41. The topological polar surface area (TPSA) is 49.4 Å². The van der Waals surface area contributed by atoms with Crippen LogP contribution in [0, 0.1) is 0 Å². The Morgan fingerprint density at radius 1 is 1.28 bits per heavy atom. The third-order valence-corrected chi connectivity index (χ3v) is 3.16. The molecule has 1 atom stereocenters. The van der Waals surface area contributed by atoms with Gasteiger partial charge in [-0.2, -0.15) is 0 Å². The molecule has 18 heavy (non-hydrogen) atoms. The van der Waals surface area contributed by atoms with E-state index >= 15 is 0 Å². The number of anilines is 1. The summed E-state index contributed by atoms with van der Waals surface area (Å²) in [6, 6.07) is 9.44. The number of hydrogen-bond acceptors (Lipinski definition) is 3. The summed E-state index contributed by atoms with van der Waals surface area (Å²) >= 11 is 0. The van der Waals surface area contributed by atoms with E-state index in [1.165, 1.54) is 0 Å². The number of hydrogen-bond donors (Lipinski definition) is 1. The van der Waals surface area contributed by atoms with Gasteiger partial charge in [-0.1, -0.05) is 31.5 Å². The van der Waals surface area contributed by atoms with Crippen LogP contribution < -0.4 is 10.2 Å². The third kappa shape index (κ3) is 2.70. The average Bonchev–Trinajstić information content (AvgIpc) is 2.70. The fourth-order valence-corrected chi connectivity index (χ4v) is 2.20. The molecule has 0 spiro atoms. The number of imide groups is 1. The lowest BCUT2D eigenvalue weighted by atomic mass is 10.1. The first-order valence-corrected chi connectivity index (χ1v) is 6.37. The minimum Gasteiger partial charge on any atom is -0.359 e. The van der Waals surface area contributed by atoms with E-state index in [1.54, 1.807) is 0 Å². The van der Waals surface area contributed by atoms with Crippen LogP contribution in [0.3, 0.4) is 0 Å². The zero-order chi connectivity index (χ0) is 13.0. The summed E-state index contributed by atoms with van der Waals surface area (Å²) in [5, 5.41) is 2.37. The maximum Gasteiger partial charge on any atom is 0.249 e. The van der Waals surface area contributed by atoms with Crippen LogP contribution in [0.25, 0.3) is 0 Å². The molecule has 1 fully saturated rings. The van der Waals surface area contributed by atoms with Crippen LogP contribution in [0.4, 0.5) is 5.69 Å². The predicted molar refractivity (Wildman–Crippen MR) is 70.3 cm³/mol. The Morgan fingerprint density at radius 2 is 2.00 bits per heavy atom. The molecule has 1 heterocycles. The maximum atomic E-state index is 11.8. The summed E-state index contributed by atoms with van der Waals surface area (Å²) in [6.07, 6.45) is 2.33. The van der Waals surface area contributed by atoms with E-state index in [2.05, 4.69) is 12.2 Å². The molecule has 0 radical (unpaired) electrons. The van der Waals surface area contributed by atoms with Gasteiger partial charge in [0.2, 0.25) is 11.8 Å². The van der Waals surface area contributed by atoms with Crippen molar-refractivity contribution in [3.05, 3.63) is 30.3 Å². The quantitative estimate of drug-likeness (QED) is 0.805. The normalized spacial score (nSPS) is 18.8. The second kappa shape index (κ2) is 5.67. The molecule has 0 aliphatic carbocycles. The summed E-state index contributed by atoms with van der Waals surface area (Å²) in [4.78, 5) is 25.1. The first kappa shape index (κ1) is 12.6. The van der Waals surface area contributed by atoms with Crippen LogP contribution in [0.1, 0.15) is 26.2 Å². The number of nitrogens with one attached hydrogen (secondary N) is 1. The van der Waals surface area contributed by atoms with E-state index in [4.69, 9.17) is 0 Å². The Bertz CT molecular complexity index is 431. The van der Waals surface area contributed by atoms with Crippen molar-refractivity contribution in [1.82, 2.24) is 5.32 Å². The molecule has 1 saturated heterocycles. The van der Waals surface area contributed by atoms with E-state index in [0.29, 0.717) is 0 Å². The Kier molecular flexibility index (Phi) is 3.97. The molecule has 2 amide bonds. The Balaban J connectivity index is 2.20. The molecule has 0 bridgehead atoms. The molecular weight excluding hydrogens is 228 g/mol. The molecule has 1 N–H and O–H groups in total. The Hall–Kier alpha value is -1.84. The highest BCUT2D eigenvalue weighted by molar-refractivity contribution is 6.07. The average molecular weight is 246 g/mol. The molecule has 4 nitrogen and oxygen atoms in total. The van der Waals surface area contributed by atoms with E-state index < -0.39 is 0 Å². The zero-order valence-electron chi connectivity index (χ0n) is 10.6. The van der Waals surface area contributed by atoms with E-state index in [0.717, 1.165) is 25.1 Å². The molecule has 1 unspecified atom stereocenters. The molecule has 1 aliphatic rings. The van der Waals surface area contributed by atoms with Gasteiger partial charge in [-0.15, -0.1) is 0 Å². The van der Waals surface area contributed by atoms with Crippen molar-refractivity contribution in [1.29, 1.82) is 0 Å². The van der Waals surface area contributed by atoms with Gasteiger partial charge in [-0.25, -0.2) is 0 Å². The van der Waals surface area contributed by atoms with Gasteiger partial charge in [0.1, 0.15) is 6.04 Å². The standard InChI is InChI=1S/C14H18N2O2/c1-2-3-9-16(11-7-5-4-6-8-11)12-10-13(17)15-14(12)18/h4-8,12H,2-3,9-10H2,1H3,(H,15,17,18). The number of carbonyl (C=O) groups excluding carboxylic acids is 2. The number of para-hydroxylation sites is 1. The fraction of sp³-hybridized carbons (Fsp3) is 0.429. The van der Waals surface area contributed by atoms with Gasteiger partial charge >= 0.3 is 0 Å². The summed E-state index contributed by atoms with van der Waals surface area (Å²) < 4.78 is 0. The molecule has 2 rings (SSSR count). The number of nitrogens with zero attached hydrogens (tertiary/aromatic N) is 1. The summed E-state index contributed by atoms with van der Waals surface area (Å²) in [5.74, 6) is -0.359. The van der Waals surface area contributed by atoms with Crippen LogP contribution in [0.5, 0.6) is 0 Å². The lowest BCUT2D eigenvalue weighted by Gasteiger charge is -2.28. The van der Waals surface area contributed by atoms with Crippen LogP contribution in [-0.2, 0) is 9.59 Å². The molecular formula is C14H18N2O2. The van der Waals surface area contributed by atoms with E-state index in [1.807, 2.05) is 35.2 Å². The van der Waals surface area contributed by atoms with Crippen molar-refractivity contribution in [2.45, 2.75) is 32.2 Å². The minimum absolute atomic E-state index is 0.178. The number of rotatable bonds is 5. The molecule has 1 aliphatic heterocycles. The second-order valence-electron chi connectivity index (χ2n) is 4.51. The molecule has 96 valence electrons. The van der Waals surface area contributed by atoms with Crippen LogP contribution in [0.15, 0.2) is 30.3 Å². The summed E-state index contributed by atoms with van der Waals surface area (Å²) in [6.45, 7) is 2.91. The van der Waals surface area contributed by atoms with Crippen molar-refractivity contribution < 1.29 is 9.59 Å². The third-order valence-electron chi connectivity index (χ3n) is 3.16. The van der Waals surface area contributed by atoms with Crippen LogP contribution in [-0.4, -0.2) is 24.4 Å². The molecule has 0 saturated carbocycles. The van der Waals surface area contributed by atoms with Gasteiger partial charge < -0.3 is 4.90 Å². The maximum absolute atomic E-state index is 11.8. The van der Waals surface area contributed by atoms with Crippen molar-refractivity contribution in [2.75, 3.05) is 11.4 Å². The largest absolute Gasteiger partial charge is 0.359 e. The summed E-state index contributed by atoms with van der Waals surface area (Å²) in [5.41, 5.74) is 1.00. The highest BCUT2D eigenvalue weighted by Gasteiger charge is 2.35. The van der Waals surface area contributed by atoms with E-state index in [9.17, 15) is 9.59 Å². The number of carbonyl (C=O) groups is 2. The van der Waals surface area contributed by atoms with Gasteiger partial charge in [0.25, 0.3) is 0 Å². The van der Waals surface area contributed by atoms with Crippen molar-refractivity contribution in [3.63, 3.8) is 0 Å². The highest BCUT2D eigenvalue weighted by atomic mass is 16.2. The fourth-order valence-electron chi connectivity index (χ4n) is 2.20. The van der Waals surface area contributed by atoms with Crippen molar-refractivity contribution >= 4 is 17.5 Å². The Labute approximate surface area is 107 Å². The van der Waals surface area contributed by atoms with Crippen LogP contribution >= 0.6 is 0 Å². The van der Waals surface area contributed by atoms with Crippen LogP contribution in [0.2, 0.25) is 0 Å². The molecule has 4 heteroatoms. The first-order chi connectivity index (χ1) is 8.72. The predicted octanol–water partition coefficient (Wildman–Crippen LogP) is 1.71. The van der Waals surface area contributed by atoms with Gasteiger partial charge in [-0.05, 0) is 18.6 Å². The van der Waals surface area contributed by atoms with Gasteiger partial charge in [0, 0.05) is 12.2 Å². The number of amides is 2. The summed E-state index contributed by atoms with van der Waals surface area (Å²) in [7, 11) is 0. The first-order valence-electron chi connectivity index (χ1n) is 6.37. The highest BCUT2D eigenvalue weighted by Crippen LogP contribution is 2.21. The zero-order valence-corrected chi connectivity index (χ0v) is 10.6. The molecule has 1 aromatic rings. The lowest BCUT2D eigenvalue weighted by molar-refractivity contribution is -0.125. The smallest absolute Gasteiger partial charge is 0.249 e. The van der Waals surface area contributed by atoms with Gasteiger partial charge in [0.15, 0.2) is 0 Å². The van der Waals surface area contributed by atoms with Gasteiger partial charge in [0.05, 0.1) is 6.42 Å². The van der Waals surface area contributed by atoms with Crippen molar-refractivity contribution in [3.8, 4) is 0 Å². The number of benzene rings is 1. The Morgan fingerprint density at radius 3 is 2.56 bits per heavy atom.